The molecule has 1 aromatic heterocycles. The van der Waals surface area contributed by atoms with Crippen LogP contribution in [0.5, 0.6) is 5.75 Å². The molecule has 2 fully saturated rings. The highest BCUT2D eigenvalue weighted by Gasteiger charge is 2.47. The number of fused-ring (bicyclic) bond motifs is 1. The third-order valence-corrected chi connectivity index (χ3v) is 5.99. The third kappa shape index (κ3) is 4.47. The van der Waals surface area contributed by atoms with Crippen LogP contribution in [0, 0.1) is 6.92 Å². The molecule has 2 N–H and O–H groups in total. The highest BCUT2D eigenvalue weighted by atomic mass is 16.5. The van der Waals surface area contributed by atoms with Gasteiger partial charge in [-0.25, -0.2) is 0 Å². The highest BCUT2D eigenvalue weighted by molar-refractivity contribution is 5.97. The molecule has 0 unspecified atom stereocenters. The van der Waals surface area contributed by atoms with Crippen molar-refractivity contribution in [2.45, 2.75) is 31.7 Å². The molecule has 3 aromatic rings. The number of aryl methyl sites for hydroxylation is 1. The van der Waals surface area contributed by atoms with Gasteiger partial charge in [-0.2, -0.15) is 0 Å². The van der Waals surface area contributed by atoms with Gasteiger partial charge in [0.1, 0.15) is 5.75 Å². The Kier molecular flexibility index (Phi) is 6.05. The molecule has 0 radical (unpaired) electrons. The molecule has 2 aromatic carbocycles. The summed E-state index contributed by atoms with van der Waals surface area (Å²) < 4.78 is 5.28. The number of pyridine rings is 1. The Morgan fingerprint density at radius 3 is 2.58 bits per heavy atom. The molecule has 1 saturated heterocycles. The van der Waals surface area contributed by atoms with Crippen LogP contribution in [0.4, 0.5) is 0 Å². The zero-order valence-electron chi connectivity index (χ0n) is 18.2. The second kappa shape index (κ2) is 8.90. The van der Waals surface area contributed by atoms with E-state index in [2.05, 4.69) is 34.3 Å². The predicted octanol–water partition coefficient (Wildman–Crippen LogP) is 4.59. The summed E-state index contributed by atoms with van der Waals surface area (Å²) in [6.45, 7) is 8.33. The van der Waals surface area contributed by atoms with Crippen molar-refractivity contribution in [3.63, 3.8) is 0 Å². The summed E-state index contributed by atoms with van der Waals surface area (Å²) in [7, 11) is 1.61. The minimum Gasteiger partial charge on any atom is -0.497 e. The van der Waals surface area contributed by atoms with Gasteiger partial charge in [-0.15, -0.1) is 0 Å². The summed E-state index contributed by atoms with van der Waals surface area (Å²) in [6.07, 6.45) is 6.82. The zero-order chi connectivity index (χ0) is 21.8. The minimum atomic E-state index is -0.354. The Labute approximate surface area is 183 Å². The van der Waals surface area contributed by atoms with Gasteiger partial charge in [-0.3, -0.25) is 9.78 Å². The maximum Gasteiger partial charge on any atom is 0.252 e. The second-order valence-corrected chi connectivity index (χ2v) is 8.16. The van der Waals surface area contributed by atoms with E-state index in [9.17, 15) is 4.79 Å². The summed E-state index contributed by atoms with van der Waals surface area (Å²) in [4.78, 5) is 17.5. The van der Waals surface area contributed by atoms with Crippen molar-refractivity contribution in [2.24, 2.45) is 0 Å². The Bertz CT molecular complexity index is 1110. The van der Waals surface area contributed by atoms with Gasteiger partial charge in [0, 0.05) is 17.1 Å². The first-order valence-corrected chi connectivity index (χ1v) is 10.8. The molecule has 5 nitrogen and oxygen atoms in total. The predicted molar refractivity (Wildman–Crippen MR) is 125 cm³/mol. The SMILES string of the molecule is C1CNC1.C=Cc1cc(C2(NC(=O)c3cc(OC)ccc3C)CC2)c2cccnc2c1. The van der Waals surface area contributed by atoms with Crippen molar-refractivity contribution in [3.05, 3.63) is 77.5 Å². The number of benzene rings is 2. The van der Waals surface area contributed by atoms with E-state index in [0.717, 1.165) is 40.4 Å². The largest absolute Gasteiger partial charge is 0.497 e. The summed E-state index contributed by atoms with van der Waals surface area (Å²) in [5.74, 6) is 0.601. The van der Waals surface area contributed by atoms with Crippen LogP contribution in [0.1, 0.15) is 46.3 Å². The van der Waals surface area contributed by atoms with Gasteiger partial charge in [0.05, 0.1) is 18.2 Å². The van der Waals surface area contributed by atoms with Crippen molar-refractivity contribution in [1.29, 1.82) is 0 Å². The number of rotatable bonds is 5. The smallest absolute Gasteiger partial charge is 0.252 e. The van der Waals surface area contributed by atoms with E-state index in [0.29, 0.717) is 11.3 Å². The van der Waals surface area contributed by atoms with Crippen molar-refractivity contribution < 1.29 is 9.53 Å². The van der Waals surface area contributed by atoms with Crippen LogP contribution < -0.4 is 15.4 Å². The van der Waals surface area contributed by atoms with Crippen molar-refractivity contribution in [3.8, 4) is 5.75 Å². The number of hydrogen-bond donors (Lipinski definition) is 2. The highest BCUT2D eigenvalue weighted by Crippen LogP contribution is 2.48. The first-order chi connectivity index (χ1) is 15.1. The molecule has 31 heavy (non-hydrogen) atoms. The normalized spacial score (nSPS) is 15.8. The van der Waals surface area contributed by atoms with E-state index in [4.69, 9.17) is 4.74 Å². The monoisotopic (exact) mass is 415 g/mol. The lowest BCUT2D eigenvalue weighted by molar-refractivity contribution is 0.0930. The van der Waals surface area contributed by atoms with Gasteiger partial charge in [-0.1, -0.05) is 24.8 Å². The van der Waals surface area contributed by atoms with E-state index in [1.54, 1.807) is 19.4 Å². The number of aromatic nitrogens is 1. The van der Waals surface area contributed by atoms with Crippen molar-refractivity contribution in [1.82, 2.24) is 15.6 Å². The average molecular weight is 416 g/mol. The number of carbonyl (C=O) groups excluding carboxylic acids is 1. The van der Waals surface area contributed by atoms with E-state index in [1.165, 1.54) is 19.5 Å². The third-order valence-electron chi connectivity index (χ3n) is 5.99. The van der Waals surface area contributed by atoms with Crippen molar-refractivity contribution in [2.75, 3.05) is 20.2 Å². The molecule has 1 aliphatic heterocycles. The standard InChI is InChI=1S/C23H22N2O2.C3H7N/c1-4-16-12-20(18-6-5-11-24-21(18)13-16)23(9-10-23)25-22(26)19-14-17(27-3)8-7-15(19)2;1-2-4-3-1/h4-8,11-14H,1,9-10H2,2-3H3,(H,25,26);4H,1-3H2. The molecule has 2 aliphatic rings. The molecular weight excluding hydrogens is 386 g/mol. The van der Waals surface area contributed by atoms with E-state index in [1.807, 2.05) is 37.3 Å². The topological polar surface area (TPSA) is 63.2 Å². The zero-order valence-corrected chi connectivity index (χ0v) is 18.2. The first kappa shape index (κ1) is 21.1. The van der Waals surface area contributed by atoms with E-state index >= 15 is 0 Å². The van der Waals surface area contributed by atoms with Crippen LogP contribution in [0.3, 0.4) is 0 Å². The second-order valence-electron chi connectivity index (χ2n) is 8.16. The molecule has 0 spiro atoms. The molecule has 1 aliphatic carbocycles. The van der Waals surface area contributed by atoms with Crippen LogP contribution in [0.25, 0.3) is 17.0 Å². The van der Waals surface area contributed by atoms with Crippen LogP contribution >= 0.6 is 0 Å². The molecule has 160 valence electrons. The molecule has 2 heterocycles. The number of ether oxygens (including phenoxy) is 1. The summed E-state index contributed by atoms with van der Waals surface area (Å²) in [5, 5.41) is 7.46. The van der Waals surface area contributed by atoms with Crippen LogP contribution in [0.15, 0.2) is 55.2 Å². The lowest BCUT2D eigenvalue weighted by Gasteiger charge is -2.21. The summed E-state index contributed by atoms with van der Waals surface area (Å²) in [5.41, 5.74) is 4.25. The lowest BCUT2D eigenvalue weighted by Crippen LogP contribution is -2.35. The van der Waals surface area contributed by atoms with Gasteiger partial charge in [0.15, 0.2) is 0 Å². The Balaban J connectivity index is 0.000000520. The average Bonchev–Trinajstić information content (AvgIpc) is 3.52. The number of methoxy groups -OCH3 is 1. The van der Waals surface area contributed by atoms with E-state index < -0.39 is 0 Å². The number of hydrogen-bond acceptors (Lipinski definition) is 4. The molecule has 5 heteroatoms. The number of carbonyl (C=O) groups is 1. The first-order valence-electron chi connectivity index (χ1n) is 10.8. The van der Waals surface area contributed by atoms with Gasteiger partial charge >= 0.3 is 0 Å². The Hall–Kier alpha value is -3.18. The molecule has 0 bridgehead atoms. The lowest BCUT2D eigenvalue weighted by atomic mass is 9.95. The summed E-state index contributed by atoms with van der Waals surface area (Å²) >= 11 is 0. The fourth-order valence-electron chi connectivity index (χ4n) is 3.74. The van der Waals surface area contributed by atoms with Gasteiger partial charge < -0.3 is 15.4 Å². The van der Waals surface area contributed by atoms with E-state index in [-0.39, 0.29) is 11.4 Å². The van der Waals surface area contributed by atoms with Crippen LogP contribution in [-0.2, 0) is 5.54 Å². The fraction of sp³-hybridized carbons (Fsp3) is 0.308. The number of nitrogens with one attached hydrogen (secondary N) is 2. The summed E-state index contributed by atoms with van der Waals surface area (Å²) in [6, 6.07) is 13.7. The molecule has 0 atom stereocenters. The molecule has 1 amide bonds. The molecule has 1 saturated carbocycles. The van der Waals surface area contributed by atoms with Crippen LogP contribution in [-0.4, -0.2) is 31.1 Å². The van der Waals surface area contributed by atoms with Gasteiger partial charge in [0.25, 0.3) is 5.91 Å². The molecule has 5 rings (SSSR count). The van der Waals surface area contributed by atoms with Crippen LogP contribution in [0.2, 0.25) is 0 Å². The van der Waals surface area contributed by atoms with Crippen molar-refractivity contribution >= 4 is 22.9 Å². The Morgan fingerprint density at radius 1 is 1.23 bits per heavy atom. The number of amides is 1. The number of nitrogens with zero attached hydrogens (tertiary/aromatic N) is 1. The van der Waals surface area contributed by atoms with Gasteiger partial charge in [-0.05, 0) is 86.3 Å². The quantitative estimate of drug-likeness (QED) is 0.640. The maximum atomic E-state index is 13.1. The van der Waals surface area contributed by atoms with Gasteiger partial charge in [0.2, 0.25) is 0 Å². The molecular formula is C26H29N3O2. The maximum absolute atomic E-state index is 13.1. The minimum absolute atomic E-state index is 0.0788. The fourth-order valence-corrected chi connectivity index (χ4v) is 3.74. The Morgan fingerprint density at radius 2 is 1.97 bits per heavy atom.